The highest BCUT2D eigenvalue weighted by atomic mass is 79.9. The van der Waals surface area contributed by atoms with Crippen LogP contribution in [0.15, 0.2) is 31.5 Å². The molecule has 0 amide bonds. The van der Waals surface area contributed by atoms with Crippen LogP contribution in [-0.2, 0) is 13.1 Å². The Kier molecular flexibility index (Phi) is 4.26. The van der Waals surface area contributed by atoms with Crippen molar-refractivity contribution in [3.8, 4) is 0 Å². The average Bonchev–Trinajstić information content (AvgIpc) is 2.96. The summed E-state index contributed by atoms with van der Waals surface area (Å²) in [5.41, 5.74) is 3.02. The van der Waals surface area contributed by atoms with Gasteiger partial charge < -0.3 is 0 Å². The van der Waals surface area contributed by atoms with Crippen molar-refractivity contribution in [3.05, 3.63) is 54.0 Å². The van der Waals surface area contributed by atoms with Crippen molar-refractivity contribution in [1.29, 1.82) is 0 Å². The monoisotopic (exact) mass is 383 g/mol. The van der Waals surface area contributed by atoms with Gasteiger partial charge in [-0.05, 0) is 46.9 Å². The summed E-state index contributed by atoms with van der Waals surface area (Å²) in [6, 6.07) is 3.75. The number of thiazole rings is 1. The fourth-order valence-electron chi connectivity index (χ4n) is 2.25. The lowest BCUT2D eigenvalue weighted by Crippen LogP contribution is -2.21. The van der Waals surface area contributed by atoms with Crippen molar-refractivity contribution in [2.75, 3.05) is 7.05 Å². The number of nitrogens with zero attached hydrogens (tertiary/aromatic N) is 3. The second kappa shape index (κ2) is 6.00. The highest BCUT2D eigenvalue weighted by Gasteiger charge is 2.09. The van der Waals surface area contributed by atoms with E-state index in [0.29, 0.717) is 6.54 Å². The van der Waals surface area contributed by atoms with Gasteiger partial charge in [0.2, 0.25) is 0 Å². The first-order chi connectivity index (χ1) is 10.0. The fraction of sp³-hybridized carbons (Fsp3) is 0.286. The van der Waals surface area contributed by atoms with E-state index in [1.54, 1.807) is 21.8 Å². The number of halogens is 1. The minimum Gasteiger partial charge on any atom is -0.296 e. The van der Waals surface area contributed by atoms with Gasteiger partial charge in [0.25, 0.3) is 5.56 Å². The highest BCUT2D eigenvalue weighted by molar-refractivity contribution is 9.11. The molecule has 0 saturated carbocycles. The Hall–Kier alpha value is -1.02. The van der Waals surface area contributed by atoms with Crippen LogP contribution in [0.25, 0.3) is 4.96 Å². The zero-order valence-corrected chi connectivity index (χ0v) is 14.9. The topological polar surface area (TPSA) is 37.6 Å². The number of hydrogen-bond donors (Lipinski definition) is 0. The molecular weight excluding hydrogens is 370 g/mol. The Morgan fingerprint density at radius 3 is 2.81 bits per heavy atom. The van der Waals surface area contributed by atoms with Crippen LogP contribution in [0.2, 0.25) is 0 Å². The van der Waals surface area contributed by atoms with E-state index < -0.39 is 0 Å². The molecule has 0 saturated heterocycles. The van der Waals surface area contributed by atoms with Gasteiger partial charge >= 0.3 is 0 Å². The number of rotatable bonds is 4. The van der Waals surface area contributed by atoms with E-state index >= 15 is 0 Å². The van der Waals surface area contributed by atoms with Gasteiger partial charge in [0.1, 0.15) is 0 Å². The van der Waals surface area contributed by atoms with Crippen molar-refractivity contribution in [2.45, 2.75) is 20.0 Å². The Bertz CT molecular complexity index is 836. The van der Waals surface area contributed by atoms with E-state index in [1.807, 2.05) is 19.4 Å². The molecule has 0 unspecified atom stereocenters. The summed E-state index contributed by atoms with van der Waals surface area (Å²) in [5, 5.41) is 4.09. The van der Waals surface area contributed by atoms with Gasteiger partial charge in [-0.25, -0.2) is 4.98 Å². The molecule has 3 aromatic heterocycles. The van der Waals surface area contributed by atoms with Gasteiger partial charge in [0.15, 0.2) is 4.96 Å². The first-order valence-corrected chi connectivity index (χ1v) is 8.96. The van der Waals surface area contributed by atoms with Crippen LogP contribution in [0.5, 0.6) is 0 Å². The lowest BCUT2D eigenvalue weighted by Gasteiger charge is -2.15. The van der Waals surface area contributed by atoms with Crippen LogP contribution >= 0.6 is 38.6 Å². The summed E-state index contributed by atoms with van der Waals surface area (Å²) in [6.45, 7) is 3.43. The maximum absolute atomic E-state index is 12.1. The molecule has 0 spiro atoms. The van der Waals surface area contributed by atoms with Crippen LogP contribution in [0.3, 0.4) is 0 Å². The van der Waals surface area contributed by atoms with Crippen LogP contribution in [-0.4, -0.2) is 21.3 Å². The third-order valence-corrected chi connectivity index (χ3v) is 5.63. The molecular formula is C14H14BrN3OS2. The molecule has 0 radical (unpaired) electrons. The lowest BCUT2D eigenvalue weighted by molar-refractivity contribution is 0.315. The van der Waals surface area contributed by atoms with Crippen molar-refractivity contribution in [2.24, 2.45) is 0 Å². The molecule has 3 heterocycles. The summed E-state index contributed by atoms with van der Waals surface area (Å²) < 4.78 is 2.79. The molecule has 0 N–H and O–H groups in total. The summed E-state index contributed by atoms with van der Waals surface area (Å²) in [6.07, 6.45) is 0. The molecule has 110 valence electrons. The normalized spacial score (nSPS) is 11.6. The van der Waals surface area contributed by atoms with Gasteiger partial charge in [0, 0.05) is 30.2 Å². The first-order valence-electron chi connectivity index (χ1n) is 6.41. The van der Waals surface area contributed by atoms with Crippen LogP contribution < -0.4 is 5.56 Å². The molecule has 0 aliphatic rings. The SMILES string of the molecule is Cc1csc2nc(CN(C)Cc3csc(Br)c3)cc(=O)n12. The smallest absolute Gasteiger partial charge is 0.259 e. The number of fused-ring (bicyclic) bond motifs is 1. The highest BCUT2D eigenvalue weighted by Crippen LogP contribution is 2.21. The third-order valence-electron chi connectivity index (χ3n) is 3.13. The standard InChI is InChI=1S/C14H14BrN3OS2/c1-9-7-21-14-16-11(4-13(19)18(9)14)6-17(2)5-10-3-12(15)20-8-10/h3-4,7-8H,5-6H2,1-2H3. The fourth-order valence-corrected chi connectivity index (χ4v) is 4.35. The zero-order chi connectivity index (χ0) is 15.0. The summed E-state index contributed by atoms with van der Waals surface area (Å²) in [5.74, 6) is 0. The average molecular weight is 384 g/mol. The second-order valence-corrected chi connectivity index (χ2v) is 8.14. The Balaban J connectivity index is 1.79. The molecule has 0 aliphatic carbocycles. The molecule has 0 atom stereocenters. The Morgan fingerprint density at radius 2 is 2.10 bits per heavy atom. The minimum absolute atomic E-state index is 0.000396. The molecule has 0 aromatic carbocycles. The molecule has 0 aliphatic heterocycles. The van der Waals surface area contributed by atoms with E-state index in [0.717, 1.165) is 26.7 Å². The van der Waals surface area contributed by atoms with Crippen molar-refractivity contribution in [1.82, 2.24) is 14.3 Å². The van der Waals surface area contributed by atoms with Crippen molar-refractivity contribution >= 4 is 43.6 Å². The maximum Gasteiger partial charge on any atom is 0.259 e. The second-order valence-electron chi connectivity index (χ2n) is 5.01. The molecule has 4 nitrogen and oxygen atoms in total. The van der Waals surface area contributed by atoms with Crippen molar-refractivity contribution < 1.29 is 0 Å². The van der Waals surface area contributed by atoms with Crippen LogP contribution in [0, 0.1) is 6.92 Å². The first kappa shape index (κ1) is 14.9. The van der Waals surface area contributed by atoms with Gasteiger partial charge in [0.05, 0.1) is 9.48 Å². The minimum atomic E-state index is 0.000396. The molecule has 3 rings (SSSR count). The summed E-state index contributed by atoms with van der Waals surface area (Å²) in [4.78, 5) is 19.6. The number of aromatic nitrogens is 2. The van der Waals surface area contributed by atoms with Gasteiger partial charge in [-0.15, -0.1) is 22.7 Å². The molecule has 0 fully saturated rings. The van der Waals surface area contributed by atoms with Crippen LogP contribution in [0.1, 0.15) is 17.0 Å². The number of aryl methyl sites for hydroxylation is 1. The maximum atomic E-state index is 12.1. The van der Waals surface area contributed by atoms with E-state index in [-0.39, 0.29) is 5.56 Å². The summed E-state index contributed by atoms with van der Waals surface area (Å²) in [7, 11) is 2.04. The largest absolute Gasteiger partial charge is 0.296 e. The number of hydrogen-bond acceptors (Lipinski definition) is 5. The molecule has 21 heavy (non-hydrogen) atoms. The lowest BCUT2D eigenvalue weighted by atomic mass is 10.3. The van der Waals surface area contributed by atoms with Gasteiger partial charge in [-0.3, -0.25) is 14.1 Å². The van der Waals surface area contributed by atoms with E-state index in [1.165, 1.54) is 16.9 Å². The van der Waals surface area contributed by atoms with E-state index in [2.05, 4.69) is 37.3 Å². The Morgan fingerprint density at radius 1 is 1.29 bits per heavy atom. The number of thiophene rings is 1. The summed E-state index contributed by atoms with van der Waals surface area (Å²) >= 11 is 6.66. The predicted octanol–water partition coefficient (Wildman–Crippen LogP) is 3.52. The third kappa shape index (κ3) is 3.26. The zero-order valence-electron chi connectivity index (χ0n) is 11.7. The van der Waals surface area contributed by atoms with E-state index in [4.69, 9.17) is 0 Å². The van der Waals surface area contributed by atoms with Gasteiger partial charge in [-0.1, -0.05) is 0 Å². The molecule has 0 bridgehead atoms. The van der Waals surface area contributed by atoms with Crippen molar-refractivity contribution in [3.63, 3.8) is 0 Å². The quantitative estimate of drug-likeness (QED) is 0.691. The molecule has 3 aromatic rings. The predicted molar refractivity (Wildman–Crippen MR) is 91.3 cm³/mol. The molecule has 7 heteroatoms. The van der Waals surface area contributed by atoms with Crippen LogP contribution in [0.4, 0.5) is 0 Å². The van der Waals surface area contributed by atoms with Gasteiger partial charge in [-0.2, -0.15) is 0 Å². The van der Waals surface area contributed by atoms with E-state index in [9.17, 15) is 4.79 Å². The Labute approximate surface area is 138 Å².